The first-order chi connectivity index (χ1) is 9.72. The number of carbonyl (C=O) groups is 1. The van der Waals surface area contributed by atoms with Gasteiger partial charge in [-0.1, -0.05) is 13.3 Å². The number of likely N-dealkylation sites (tertiary alicyclic amines) is 1. The highest BCUT2D eigenvalue weighted by Crippen LogP contribution is 2.33. The molecule has 2 aliphatic rings. The van der Waals surface area contributed by atoms with Crippen molar-refractivity contribution in [3.05, 3.63) is 0 Å². The second-order valence-corrected chi connectivity index (χ2v) is 7.50. The lowest BCUT2D eigenvalue weighted by Gasteiger charge is -2.39. The Bertz CT molecular complexity index is 319. The summed E-state index contributed by atoms with van der Waals surface area (Å²) in [5, 5.41) is 0.598. The van der Waals surface area contributed by atoms with Crippen LogP contribution >= 0.6 is 11.8 Å². The second kappa shape index (κ2) is 7.66. The molecule has 0 aliphatic carbocycles. The minimum atomic E-state index is -0.357. The van der Waals surface area contributed by atoms with Gasteiger partial charge in [-0.3, -0.25) is 4.79 Å². The molecular weight excluding hydrogens is 272 g/mol. The Morgan fingerprint density at radius 2 is 2.15 bits per heavy atom. The van der Waals surface area contributed by atoms with Gasteiger partial charge in [0.05, 0.1) is 5.41 Å². The van der Waals surface area contributed by atoms with Crippen LogP contribution in [0, 0.1) is 5.41 Å². The average Bonchev–Trinajstić information content (AvgIpc) is 2.73. The van der Waals surface area contributed by atoms with E-state index < -0.39 is 0 Å². The van der Waals surface area contributed by atoms with Crippen molar-refractivity contribution < 1.29 is 9.53 Å². The van der Waals surface area contributed by atoms with E-state index in [2.05, 4.69) is 11.8 Å². The molecule has 4 nitrogen and oxygen atoms in total. The SMILES string of the molecule is CCSC1CCCCN(C(=O)C2(CN)CCOCC2)C1. The van der Waals surface area contributed by atoms with Crippen LogP contribution in [0.2, 0.25) is 0 Å². The van der Waals surface area contributed by atoms with Crippen LogP contribution in [0.15, 0.2) is 0 Å². The highest BCUT2D eigenvalue weighted by Gasteiger charge is 2.42. The number of hydrogen-bond acceptors (Lipinski definition) is 4. The number of nitrogens with two attached hydrogens (primary N) is 1. The molecule has 0 aromatic rings. The molecule has 5 heteroatoms. The first kappa shape index (κ1) is 16.1. The maximum atomic E-state index is 13.0. The van der Waals surface area contributed by atoms with Gasteiger partial charge < -0.3 is 15.4 Å². The zero-order chi connectivity index (χ0) is 14.4. The third-order valence-electron chi connectivity index (χ3n) is 4.61. The lowest BCUT2D eigenvalue weighted by molar-refractivity contribution is -0.147. The second-order valence-electron chi connectivity index (χ2n) is 5.92. The lowest BCUT2D eigenvalue weighted by Crippen LogP contribution is -2.52. The van der Waals surface area contributed by atoms with Crippen LogP contribution in [0.1, 0.15) is 39.0 Å². The molecule has 0 saturated carbocycles. The summed E-state index contributed by atoms with van der Waals surface area (Å²) in [6.45, 7) is 5.80. The topological polar surface area (TPSA) is 55.6 Å². The highest BCUT2D eigenvalue weighted by atomic mass is 32.2. The Labute approximate surface area is 126 Å². The minimum absolute atomic E-state index is 0.284. The van der Waals surface area contributed by atoms with E-state index in [1.54, 1.807) is 0 Å². The van der Waals surface area contributed by atoms with Crippen molar-refractivity contribution in [2.24, 2.45) is 11.1 Å². The summed E-state index contributed by atoms with van der Waals surface area (Å²) >= 11 is 1.99. The molecular formula is C15H28N2O2S. The number of amides is 1. The van der Waals surface area contributed by atoms with Gasteiger partial charge >= 0.3 is 0 Å². The smallest absolute Gasteiger partial charge is 0.230 e. The Morgan fingerprint density at radius 1 is 1.40 bits per heavy atom. The quantitative estimate of drug-likeness (QED) is 0.861. The minimum Gasteiger partial charge on any atom is -0.381 e. The van der Waals surface area contributed by atoms with Gasteiger partial charge in [-0.25, -0.2) is 0 Å². The Morgan fingerprint density at radius 3 is 2.80 bits per heavy atom. The van der Waals surface area contributed by atoms with Crippen molar-refractivity contribution in [1.82, 2.24) is 4.90 Å². The van der Waals surface area contributed by atoms with Crippen LogP contribution in [0.4, 0.5) is 0 Å². The Kier molecular flexibility index (Phi) is 6.18. The van der Waals surface area contributed by atoms with Gasteiger partial charge in [0.1, 0.15) is 0 Å². The first-order valence-corrected chi connectivity index (χ1v) is 8.95. The summed E-state index contributed by atoms with van der Waals surface area (Å²) < 4.78 is 5.42. The van der Waals surface area contributed by atoms with Crippen LogP contribution in [0.5, 0.6) is 0 Å². The first-order valence-electron chi connectivity index (χ1n) is 7.90. The summed E-state index contributed by atoms with van der Waals surface area (Å²) in [6, 6.07) is 0. The van der Waals surface area contributed by atoms with E-state index in [-0.39, 0.29) is 11.3 Å². The number of nitrogens with zero attached hydrogens (tertiary/aromatic N) is 1. The maximum absolute atomic E-state index is 13.0. The summed E-state index contributed by atoms with van der Waals surface area (Å²) in [5.74, 6) is 1.41. The monoisotopic (exact) mass is 300 g/mol. The van der Waals surface area contributed by atoms with Crippen molar-refractivity contribution >= 4 is 17.7 Å². The lowest BCUT2D eigenvalue weighted by atomic mass is 9.79. The summed E-state index contributed by atoms with van der Waals surface area (Å²) in [5.41, 5.74) is 5.61. The fraction of sp³-hybridized carbons (Fsp3) is 0.933. The number of hydrogen-bond donors (Lipinski definition) is 1. The molecule has 2 N–H and O–H groups in total. The van der Waals surface area contributed by atoms with Gasteiger partial charge in [-0.15, -0.1) is 0 Å². The van der Waals surface area contributed by atoms with Gasteiger partial charge in [-0.05, 0) is 31.4 Å². The van der Waals surface area contributed by atoms with Crippen molar-refractivity contribution in [1.29, 1.82) is 0 Å². The molecule has 0 radical (unpaired) electrons. The molecule has 1 atom stereocenters. The molecule has 1 unspecified atom stereocenters. The molecule has 2 heterocycles. The Balaban J connectivity index is 2.05. The van der Waals surface area contributed by atoms with Gasteiger partial charge in [0.2, 0.25) is 5.91 Å². The van der Waals surface area contributed by atoms with E-state index in [1.807, 2.05) is 11.8 Å². The van der Waals surface area contributed by atoms with Crippen molar-refractivity contribution in [2.75, 3.05) is 38.6 Å². The zero-order valence-electron chi connectivity index (χ0n) is 12.6. The third kappa shape index (κ3) is 3.68. The van der Waals surface area contributed by atoms with E-state index in [0.29, 0.717) is 25.0 Å². The maximum Gasteiger partial charge on any atom is 0.230 e. The van der Waals surface area contributed by atoms with Crippen LogP contribution in [-0.4, -0.2) is 54.7 Å². The summed E-state index contributed by atoms with van der Waals surface area (Å²) in [7, 11) is 0. The predicted molar refractivity (Wildman–Crippen MR) is 83.9 cm³/mol. The average molecular weight is 300 g/mol. The van der Waals surface area contributed by atoms with Crippen LogP contribution in [-0.2, 0) is 9.53 Å². The largest absolute Gasteiger partial charge is 0.381 e. The van der Waals surface area contributed by atoms with Crippen LogP contribution in [0.3, 0.4) is 0 Å². The molecule has 2 saturated heterocycles. The summed E-state index contributed by atoms with van der Waals surface area (Å²) in [4.78, 5) is 15.1. The molecule has 20 heavy (non-hydrogen) atoms. The van der Waals surface area contributed by atoms with Crippen LogP contribution < -0.4 is 5.73 Å². The number of ether oxygens (including phenoxy) is 1. The van der Waals surface area contributed by atoms with E-state index in [1.165, 1.54) is 12.8 Å². The van der Waals surface area contributed by atoms with E-state index in [9.17, 15) is 4.79 Å². The Hall–Kier alpha value is -0.260. The van der Waals surface area contributed by atoms with Gasteiger partial charge in [0.25, 0.3) is 0 Å². The molecule has 1 amide bonds. The van der Waals surface area contributed by atoms with Crippen LogP contribution in [0.25, 0.3) is 0 Å². The van der Waals surface area contributed by atoms with Crippen molar-refractivity contribution in [3.8, 4) is 0 Å². The molecule has 116 valence electrons. The van der Waals surface area contributed by atoms with Gasteiger partial charge in [0, 0.05) is 38.1 Å². The molecule has 0 bridgehead atoms. The van der Waals surface area contributed by atoms with Gasteiger partial charge in [0.15, 0.2) is 0 Å². The standard InChI is InChI=1S/C15H28N2O2S/c1-2-20-13-5-3-4-8-17(11-13)14(18)15(12-16)6-9-19-10-7-15/h13H,2-12,16H2,1H3. The van der Waals surface area contributed by atoms with E-state index in [4.69, 9.17) is 10.5 Å². The highest BCUT2D eigenvalue weighted by molar-refractivity contribution is 7.99. The van der Waals surface area contributed by atoms with E-state index >= 15 is 0 Å². The predicted octanol–water partition coefficient (Wildman–Crippen LogP) is 1.88. The molecule has 0 aromatic heterocycles. The molecule has 0 aromatic carbocycles. The number of thioether (sulfide) groups is 1. The third-order valence-corrected chi connectivity index (χ3v) is 5.80. The molecule has 0 spiro atoms. The van der Waals surface area contributed by atoms with Crippen molar-refractivity contribution in [3.63, 3.8) is 0 Å². The van der Waals surface area contributed by atoms with Gasteiger partial charge in [-0.2, -0.15) is 11.8 Å². The molecule has 2 aliphatic heterocycles. The number of carbonyl (C=O) groups excluding carboxylic acids is 1. The van der Waals surface area contributed by atoms with Crippen molar-refractivity contribution in [2.45, 2.75) is 44.3 Å². The van der Waals surface area contributed by atoms with E-state index in [0.717, 1.165) is 38.1 Å². The normalized spacial score (nSPS) is 27.1. The fourth-order valence-corrected chi connectivity index (χ4v) is 4.35. The molecule has 2 rings (SSSR count). The zero-order valence-corrected chi connectivity index (χ0v) is 13.4. The summed E-state index contributed by atoms with van der Waals surface area (Å²) in [6.07, 6.45) is 5.17. The fourth-order valence-electron chi connectivity index (χ4n) is 3.26. The number of rotatable bonds is 4. The molecule has 2 fully saturated rings.